The highest BCUT2D eigenvalue weighted by molar-refractivity contribution is 6.30. The van der Waals surface area contributed by atoms with E-state index in [1.54, 1.807) is 4.90 Å². The topological polar surface area (TPSA) is 40.5 Å². The van der Waals surface area contributed by atoms with Gasteiger partial charge in [-0.2, -0.15) is 0 Å². The Morgan fingerprint density at radius 1 is 1.53 bits per heavy atom. The molecule has 0 radical (unpaired) electrons. The zero-order valence-electron chi connectivity index (χ0n) is 9.60. The van der Waals surface area contributed by atoms with Crippen molar-refractivity contribution in [1.82, 2.24) is 4.90 Å². The first-order valence-corrected chi connectivity index (χ1v) is 6.23. The largest absolute Gasteiger partial charge is 0.391 e. The molecule has 0 bridgehead atoms. The first-order valence-electron chi connectivity index (χ1n) is 5.85. The van der Waals surface area contributed by atoms with Crippen LogP contribution in [0.5, 0.6) is 0 Å². The molecule has 1 aliphatic rings. The summed E-state index contributed by atoms with van der Waals surface area (Å²) in [7, 11) is 0. The summed E-state index contributed by atoms with van der Waals surface area (Å²) in [6.45, 7) is 1.16. The fraction of sp³-hybridized carbons (Fsp3) is 0.462. The van der Waals surface area contributed by atoms with Crippen molar-refractivity contribution in [3.05, 3.63) is 34.9 Å². The predicted molar refractivity (Wildman–Crippen MR) is 67.0 cm³/mol. The number of aryl methyl sites for hydroxylation is 1. The van der Waals surface area contributed by atoms with Gasteiger partial charge in [-0.3, -0.25) is 4.79 Å². The van der Waals surface area contributed by atoms with Crippen molar-refractivity contribution in [3.63, 3.8) is 0 Å². The molecule has 0 saturated carbocycles. The van der Waals surface area contributed by atoms with Crippen LogP contribution in [0.3, 0.4) is 0 Å². The summed E-state index contributed by atoms with van der Waals surface area (Å²) in [6.07, 6.45) is 1.53. The van der Waals surface area contributed by atoms with E-state index in [2.05, 4.69) is 0 Å². The molecule has 1 amide bonds. The summed E-state index contributed by atoms with van der Waals surface area (Å²) < 4.78 is 0. The molecule has 1 atom stereocenters. The number of likely N-dealkylation sites (tertiary alicyclic amines) is 1. The van der Waals surface area contributed by atoms with Crippen LogP contribution in [-0.4, -0.2) is 35.1 Å². The van der Waals surface area contributed by atoms with Crippen molar-refractivity contribution in [1.29, 1.82) is 0 Å². The van der Waals surface area contributed by atoms with Gasteiger partial charge in [0.25, 0.3) is 0 Å². The molecule has 1 heterocycles. The second-order valence-electron chi connectivity index (χ2n) is 4.41. The van der Waals surface area contributed by atoms with Gasteiger partial charge in [-0.05, 0) is 30.5 Å². The van der Waals surface area contributed by atoms with Gasteiger partial charge in [-0.15, -0.1) is 0 Å². The van der Waals surface area contributed by atoms with E-state index in [0.29, 0.717) is 37.4 Å². The molecule has 17 heavy (non-hydrogen) atoms. The van der Waals surface area contributed by atoms with Crippen LogP contribution in [0.1, 0.15) is 18.4 Å². The molecular weight excluding hydrogens is 238 g/mol. The Labute approximate surface area is 106 Å². The van der Waals surface area contributed by atoms with Gasteiger partial charge in [0.05, 0.1) is 6.10 Å². The first-order chi connectivity index (χ1) is 8.15. The maximum Gasteiger partial charge on any atom is 0.222 e. The van der Waals surface area contributed by atoms with Crippen LogP contribution < -0.4 is 0 Å². The lowest BCUT2D eigenvalue weighted by Gasteiger charge is -2.15. The Hall–Kier alpha value is -1.06. The molecule has 1 aromatic rings. The van der Waals surface area contributed by atoms with Gasteiger partial charge < -0.3 is 10.0 Å². The molecule has 0 aromatic heterocycles. The molecule has 3 nitrogen and oxygen atoms in total. The van der Waals surface area contributed by atoms with Gasteiger partial charge in [-0.25, -0.2) is 0 Å². The molecule has 0 aliphatic carbocycles. The summed E-state index contributed by atoms with van der Waals surface area (Å²) in [4.78, 5) is 13.6. The lowest BCUT2D eigenvalue weighted by atomic mass is 10.1. The number of amides is 1. The molecular formula is C13H16ClNO2. The fourth-order valence-electron chi connectivity index (χ4n) is 2.07. The summed E-state index contributed by atoms with van der Waals surface area (Å²) in [6, 6.07) is 7.57. The number of benzene rings is 1. The third-order valence-corrected chi connectivity index (χ3v) is 3.27. The van der Waals surface area contributed by atoms with Gasteiger partial charge in [0, 0.05) is 24.5 Å². The van der Waals surface area contributed by atoms with Crippen LogP contribution in [-0.2, 0) is 11.2 Å². The van der Waals surface area contributed by atoms with E-state index in [1.807, 2.05) is 24.3 Å². The van der Waals surface area contributed by atoms with Crippen molar-refractivity contribution in [2.75, 3.05) is 13.1 Å². The van der Waals surface area contributed by atoms with E-state index >= 15 is 0 Å². The lowest BCUT2D eigenvalue weighted by molar-refractivity contribution is -0.130. The molecule has 4 heteroatoms. The van der Waals surface area contributed by atoms with Gasteiger partial charge in [0.1, 0.15) is 0 Å². The molecule has 1 saturated heterocycles. The number of carbonyl (C=O) groups excluding carboxylic acids is 1. The highest BCUT2D eigenvalue weighted by Gasteiger charge is 2.23. The van der Waals surface area contributed by atoms with E-state index < -0.39 is 0 Å². The van der Waals surface area contributed by atoms with Gasteiger partial charge in [0.15, 0.2) is 0 Å². The van der Waals surface area contributed by atoms with Gasteiger partial charge in [-0.1, -0.05) is 23.7 Å². The quantitative estimate of drug-likeness (QED) is 0.893. The van der Waals surface area contributed by atoms with Crippen molar-refractivity contribution < 1.29 is 9.90 Å². The molecule has 0 unspecified atom stereocenters. The Kier molecular flexibility index (Phi) is 4.02. The van der Waals surface area contributed by atoms with Crippen LogP contribution in [0.15, 0.2) is 24.3 Å². The highest BCUT2D eigenvalue weighted by atomic mass is 35.5. The van der Waals surface area contributed by atoms with E-state index in [4.69, 9.17) is 11.6 Å². The number of aliphatic hydroxyl groups excluding tert-OH is 1. The third kappa shape index (κ3) is 3.45. The van der Waals surface area contributed by atoms with Crippen molar-refractivity contribution in [2.45, 2.75) is 25.4 Å². The Balaban J connectivity index is 1.84. The minimum Gasteiger partial charge on any atom is -0.391 e. The normalized spacial score (nSPS) is 19.6. The molecule has 0 spiro atoms. The summed E-state index contributed by atoms with van der Waals surface area (Å²) in [5, 5.41) is 10.1. The number of hydrogen-bond acceptors (Lipinski definition) is 2. The molecule has 92 valence electrons. The maximum atomic E-state index is 11.8. The molecule has 1 fully saturated rings. The van der Waals surface area contributed by atoms with E-state index in [0.717, 1.165) is 5.56 Å². The van der Waals surface area contributed by atoms with Crippen LogP contribution in [0.2, 0.25) is 5.02 Å². The Bertz CT molecular complexity index is 408. The zero-order valence-corrected chi connectivity index (χ0v) is 10.4. The van der Waals surface area contributed by atoms with Gasteiger partial charge in [0.2, 0.25) is 5.91 Å². The van der Waals surface area contributed by atoms with Crippen molar-refractivity contribution in [3.8, 4) is 0 Å². The predicted octanol–water partition coefficient (Wildman–Crippen LogP) is 1.87. The summed E-state index contributed by atoms with van der Waals surface area (Å²) in [5.74, 6) is 0.113. The van der Waals surface area contributed by atoms with Crippen molar-refractivity contribution >= 4 is 17.5 Å². The van der Waals surface area contributed by atoms with E-state index in [1.165, 1.54) is 0 Å². The standard InChI is InChI=1S/C13H16ClNO2/c14-11-3-1-2-10(8-11)4-5-13(17)15-7-6-12(16)9-15/h1-3,8,12,16H,4-7,9H2/t12-/m1/s1. The maximum absolute atomic E-state index is 11.8. The minimum absolute atomic E-state index is 0.113. The number of β-amino-alcohol motifs (C(OH)–C–C–N with tert-alkyl or cyclic N) is 1. The van der Waals surface area contributed by atoms with Crippen LogP contribution >= 0.6 is 11.6 Å². The number of halogens is 1. The molecule has 1 N–H and O–H groups in total. The first kappa shape index (κ1) is 12.4. The van der Waals surface area contributed by atoms with Crippen molar-refractivity contribution in [2.24, 2.45) is 0 Å². The highest BCUT2D eigenvalue weighted by Crippen LogP contribution is 2.14. The minimum atomic E-state index is -0.342. The number of rotatable bonds is 3. The molecule has 1 aromatic carbocycles. The molecule has 2 rings (SSSR count). The summed E-state index contributed by atoms with van der Waals surface area (Å²) >= 11 is 5.88. The molecule has 1 aliphatic heterocycles. The van der Waals surface area contributed by atoms with Crippen LogP contribution in [0, 0.1) is 0 Å². The smallest absolute Gasteiger partial charge is 0.222 e. The Morgan fingerprint density at radius 3 is 3.00 bits per heavy atom. The zero-order chi connectivity index (χ0) is 12.3. The Morgan fingerprint density at radius 2 is 2.35 bits per heavy atom. The SMILES string of the molecule is O=C(CCc1cccc(Cl)c1)N1CC[C@@H](O)C1. The van der Waals surface area contributed by atoms with E-state index in [9.17, 15) is 9.90 Å². The van der Waals surface area contributed by atoms with Crippen LogP contribution in [0.25, 0.3) is 0 Å². The fourth-order valence-corrected chi connectivity index (χ4v) is 2.28. The van der Waals surface area contributed by atoms with E-state index in [-0.39, 0.29) is 12.0 Å². The third-order valence-electron chi connectivity index (χ3n) is 3.03. The second kappa shape index (κ2) is 5.52. The number of hydrogen-bond donors (Lipinski definition) is 1. The van der Waals surface area contributed by atoms with Crippen LogP contribution in [0.4, 0.5) is 0 Å². The number of carbonyl (C=O) groups is 1. The average molecular weight is 254 g/mol. The average Bonchev–Trinajstić information content (AvgIpc) is 2.73. The monoisotopic (exact) mass is 253 g/mol. The second-order valence-corrected chi connectivity index (χ2v) is 4.85. The summed E-state index contributed by atoms with van der Waals surface area (Å²) in [5.41, 5.74) is 1.07. The lowest BCUT2D eigenvalue weighted by Crippen LogP contribution is -2.29. The number of nitrogens with zero attached hydrogens (tertiary/aromatic N) is 1. The van der Waals surface area contributed by atoms with Gasteiger partial charge >= 0.3 is 0 Å². The number of aliphatic hydroxyl groups is 1.